The quantitative estimate of drug-likeness (QED) is 0.628. The van der Waals surface area contributed by atoms with E-state index in [1.807, 2.05) is 17.6 Å². The first kappa shape index (κ1) is 7.99. The van der Waals surface area contributed by atoms with E-state index in [1.165, 1.54) is 10.4 Å². The highest BCUT2D eigenvalue weighted by Crippen LogP contribution is 2.24. The molecular weight excluding hydrogens is 166 g/mol. The van der Waals surface area contributed by atoms with Crippen LogP contribution in [0.2, 0.25) is 0 Å². The van der Waals surface area contributed by atoms with Crippen LogP contribution in [0.5, 0.6) is 0 Å². The molecule has 64 valence electrons. The number of fused-ring (bicyclic) bond motifs is 1. The molecule has 1 aromatic rings. The number of thiophene rings is 1. The predicted molar refractivity (Wildman–Crippen MR) is 54.2 cm³/mol. The van der Waals surface area contributed by atoms with Crippen LogP contribution in [0, 0.1) is 5.92 Å². The van der Waals surface area contributed by atoms with E-state index in [0.29, 0.717) is 12.0 Å². The van der Waals surface area contributed by atoms with Crippen molar-refractivity contribution in [3.8, 4) is 0 Å². The highest BCUT2D eigenvalue weighted by Gasteiger charge is 2.18. The zero-order chi connectivity index (χ0) is 8.55. The van der Waals surface area contributed by atoms with Gasteiger partial charge in [0.2, 0.25) is 0 Å². The molecule has 2 heterocycles. The summed E-state index contributed by atoms with van der Waals surface area (Å²) >= 11 is 1.86. The molecule has 0 bridgehead atoms. The van der Waals surface area contributed by atoms with Crippen LogP contribution in [-0.2, 0) is 6.42 Å². The van der Waals surface area contributed by atoms with Crippen molar-refractivity contribution in [1.29, 1.82) is 0 Å². The van der Waals surface area contributed by atoms with E-state index in [9.17, 15) is 0 Å². The largest absolute Gasteiger partial charge is 0.289 e. The first-order valence-corrected chi connectivity index (χ1v) is 5.25. The van der Waals surface area contributed by atoms with E-state index < -0.39 is 0 Å². The van der Waals surface area contributed by atoms with Gasteiger partial charge >= 0.3 is 0 Å². The van der Waals surface area contributed by atoms with E-state index in [1.54, 1.807) is 0 Å². The van der Waals surface area contributed by atoms with E-state index >= 15 is 0 Å². The smallest absolute Gasteiger partial charge is 0.0571 e. The van der Waals surface area contributed by atoms with Gasteiger partial charge in [0, 0.05) is 23.1 Å². The Bertz CT molecular complexity index is 299. The molecule has 1 nitrogen and oxygen atoms in total. The summed E-state index contributed by atoms with van der Waals surface area (Å²) in [5, 5.41) is 2.15. The third-order valence-corrected chi connectivity index (χ3v) is 3.31. The van der Waals surface area contributed by atoms with Crippen LogP contribution < -0.4 is 0 Å². The van der Waals surface area contributed by atoms with Gasteiger partial charge in [0.05, 0.1) is 6.04 Å². The summed E-state index contributed by atoms with van der Waals surface area (Å²) in [6.07, 6.45) is 3.17. The second-order valence-electron chi connectivity index (χ2n) is 3.59. The minimum absolute atomic E-state index is 0.510. The van der Waals surface area contributed by atoms with Crippen molar-refractivity contribution >= 4 is 17.6 Å². The Labute approximate surface area is 77.2 Å². The Balaban J connectivity index is 2.24. The first-order valence-electron chi connectivity index (χ1n) is 4.37. The molecule has 0 fully saturated rings. The van der Waals surface area contributed by atoms with Crippen molar-refractivity contribution < 1.29 is 0 Å². The SMILES string of the molecule is CC(C)C1Cc2sccc2C=N1. The molecule has 0 amide bonds. The summed E-state index contributed by atoms with van der Waals surface area (Å²) < 4.78 is 0. The van der Waals surface area contributed by atoms with Crippen molar-refractivity contribution in [3.05, 3.63) is 21.9 Å². The summed E-state index contributed by atoms with van der Waals surface area (Å²) in [7, 11) is 0. The maximum atomic E-state index is 4.52. The molecule has 0 aromatic carbocycles. The molecule has 0 aliphatic carbocycles. The van der Waals surface area contributed by atoms with Crippen molar-refractivity contribution in [2.24, 2.45) is 10.9 Å². The van der Waals surface area contributed by atoms with E-state index in [2.05, 4.69) is 30.3 Å². The number of hydrogen-bond acceptors (Lipinski definition) is 2. The number of rotatable bonds is 1. The van der Waals surface area contributed by atoms with Gasteiger partial charge in [-0.05, 0) is 17.4 Å². The molecule has 2 heteroatoms. The van der Waals surface area contributed by atoms with Gasteiger partial charge in [0.1, 0.15) is 0 Å². The van der Waals surface area contributed by atoms with Gasteiger partial charge < -0.3 is 0 Å². The fourth-order valence-electron chi connectivity index (χ4n) is 1.46. The number of aliphatic imine (C=N–C) groups is 1. The molecular formula is C10H13NS. The molecule has 1 aliphatic rings. The summed E-state index contributed by atoms with van der Waals surface area (Å²) in [6, 6.07) is 2.66. The number of hydrogen-bond donors (Lipinski definition) is 0. The Morgan fingerprint density at radius 3 is 3.17 bits per heavy atom. The summed E-state index contributed by atoms with van der Waals surface area (Å²) in [5.74, 6) is 0.663. The maximum Gasteiger partial charge on any atom is 0.0571 e. The molecule has 1 aromatic heterocycles. The van der Waals surface area contributed by atoms with Crippen LogP contribution in [-0.4, -0.2) is 12.3 Å². The van der Waals surface area contributed by atoms with Crippen LogP contribution in [0.25, 0.3) is 0 Å². The van der Waals surface area contributed by atoms with Crippen LogP contribution in [0.1, 0.15) is 24.3 Å². The molecule has 1 unspecified atom stereocenters. The lowest BCUT2D eigenvalue weighted by Gasteiger charge is -2.19. The summed E-state index contributed by atoms with van der Waals surface area (Å²) in [6.45, 7) is 4.47. The lowest BCUT2D eigenvalue weighted by molar-refractivity contribution is 0.493. The molecule has 2 rings (SSSR count). The first-order chi connectivity index (χ1) is 5.77. The van der Waals surface area contributed by atoms with Crippen LogP contribution in [0.15, 0.2) is 16.4 Å². The zero-order valence-electron chi connectivity index (χ0n) is 7.45. The van der Waals surface area contributed by atoms with Gasteiger partial charge in [-0.3, -0.25) is 4.99 Å². The normalized spacial score (nSPS) is 21.4. The highest BCUT2D eigenvalue weighted by molar-refractivity contribution is 7.10. The van der Waals surface area contributed by atoms with Gasteiger partial charge in [-0.1, -0.05) is 13.8 Å². The molecule has 0 spiro atoms. The highest BCUT2D eigenvalue weighted by atomic mass is 32.1. The fourth-order valence-corrected chi connectivity index (χ4v) is 2.36. The third kappa shape index (κ3) is 1.31. The van der Waals surface area contributed by atoms with Crippen molar-refractivity contribution in [2.45, 2.75) is 26.3 Å². The van der Waals surface area contributed by atoms with E-state index in [4.69, 9.17) is 0 Å². The Morgan fingerprint density at radius 1 is 1.58 bits per heavy atom. The Hall–Kier alpha value is -0.630. The molecule has 1 aliphatic heterocycles. The minimum atomic E-state index is 0.510. The standard InChI is InChI=1S/C10H13NS/c1-7(2)9-5-10-8(6-11-9)3-4-12-10/h3-4,6-7,9H,5H2,1-2H3. The Morgan fingerprint density at radius 2 is 2.42 bits per heavy atom. The summed E-state index contributed by atoms with van der Waals surface area (Å²) in [5.41, 5.74) is 1.33. The van der Waals surface area contributed by atoms with Crippen molar-refractivity contribution in [2.75, 3.05) is 0 Å². The van der Waals surface area contributed by atoms with Crippen molar-refractivity contribution in [1.82, 2.24) is 0 Å². The summed E-state index contributed by atoms with van der Waals surface area (Å²) in [4.78, 5) is 6.03. The molecule has 0 N–H and O–H groups in total. The van der Waals surface area contributed by atoms with Crippen LogP contribution in [0.4, 0.5) is 0 Å². The lowest BCUT2D eigenvalue weighted by atomic mass is 9.97. The average molecular weight is 179 g/mol. The molecule has 0 saturated heterocycles. The number of nitrogens with zero attached hydrogens (tertiary/aromatic N) is 1. The molecule has 0 saturated carbocycles. The molecule has 0 radical (unpaired) electrons. The maximum absolute atomic E-state index is 4.52. The third-order valence-electron chi connectivity index (χ3n) is 2.35. The van der Waals surface area contributed by atoms with Gasteiger partial charge in [-0.25, -0.2) is 0 Å². The average Bonchev–Trinajstić information content (AvgIpc) is 2.49. The predicted octanol–water partition coefficient (Wildman–Crippen LogP) is 2.75. The Kier molecular flexibility index (Phi) is 2.01. The monoisotopic (exact) mass is 179 g/mol. The van der Waals surface area contributed by atoms with Gasteiger partial charge in [-0.15, -0.1) is 11.3 Å². The molecule has 1 atom stereocenters. The second kappa shape index (κ2) is 3.02. The fraction of sp³-hybridized carbons (Fsp3) is 0.500. The van der Waals surface area contributed by atoms with Crippen LogP contribution >= 0.6 is 11.3 Å². The van der Waals surface area contributed by atoms with Gasteiger partial charge in [0.25, 0.3) is 0 Å². The minimum Gasteiger partial charge on any atom is -0.289 e. The van der Waals surface area contributed by atoms with Gasteiger partial charge in [-0.2, -0.15) is 0 Å². The zero-order valence-corrected chi connectivity index (χ0v) is 8.27. The van der Waals surface area contributed by atoms with E-state index in [-0.39, 0.29) is 0 Å². The lowest BCUT2D eigenvalue weighted by Crippen LogP contribution is -2.19. The van der Waals surface area contributed by atoms with Crippen molar-refractivity contribution in [3.63, 3.8) is 0 Å². The van der Waals surface area contributed by atoms with E-state index in [0.717, 1.165) is 6.42 Å². The topological polar surface area (TPSA) is 12.4 Å². The second-order valence-corrected chi connectivity index (χ2v) is 4.59. The van der Waals surface area contributed by atoms with Gasteiger partial charge in [0.15, 0.2) is 0 Å². The molecule has 12 heavy (non-hydrogen) atoms. The van der Waals surface area contributed by atoms with Crippen LogP contribution in [0.3, 0.4) is 0 Å².